The summed E-state index contributed by atoms with van der Waals surface area (Å²) in [4.78, 5) is 11.1. The molecule has 0 radical (unpaired) electrons. The molecule has 4 nitrogen and oxygen atoms in total. The molecule has 0 spiro atoms. The van der Waals surface area contributed by atoms with Gasteiger partial charge in [-0.25, -0.2) is 4.79 Å². The highest BCUT2D eigenvalue weighted by molar-refractivity contribution is 7.80. The van der Waals surface area contributed by atoms with E-state index in [2.05, 4.69) is 12.6 Å². The second kappa shape index (κ2) is 4.79. The van der Waals surface area contributed by atoms with Gasteiger partial charge in [0.25, 0.3) is 0 Å². The van der Waals surface area contributed by atoms with Crippen molar-refractivity contribution in [2.45, 2.75) is 12.2 Å². The smallest absolute Gasteiger partial charge is 0.345 e. The summed E-state index contributed by atoms with van der Waals surface area (Å²) in [5.41, 5.74) is 0. The van der Waals surface area contributed by atoms with Crippen LogP contribution >= 0.6 is 24.0 Å². The molecule has 2 atom stereocenters. The number of carboxylic acid groups (broad SMARTS) is 1. The van der Waals surface area contributed by atoms with Crippen LogP contribution in [0.1, 0.15) is 20.7 Å². The number of aliphatic hydroxyl groups excluding tert-OH is 2. The van der Waals surface area contributed by atoms with Gasteiger partial charge in [0.1, 0.15) is 11.0 Å². The summed E-state index contributed by atoms with van der Waals surface area (Å²) in [7, 11) is 0. The molecule has 1 aromatic rings. The average Bonchev–Trinajstić information content (AvgIpc) is 2.64. The van der Waals surface area contributed by atoms with Gasteiger partial charge in [-0.2, -0.15) is 12.6 Å². The van der Waals surface area contributed by atoms with Crippen molar-refractivity contribution in [1.82, 2.24) is 0 Å². The Morgan fingerprint density at radius 1 is 1.50 bits per heavy atom. The number of thiophene rings is 1. The lowest BCUT2D eigenvalue weighted by atomic mass is 10.2. The van der Waals surface area contributed by atoms with Crippen molar-refractivity contribution in [2.75, 3.05) is 5.75 Å². The lowest BCUT2D eigenvalue weighted by Crippen LogP contribution is -2.18. The molecule has 0 aliphatic rings. The first kappa shape index (κ1) is 11.5. The van der Waals surface area contributed by atoms with Gasteiger partial charge in [0.05, 0.1) is 6.10 Å². The van der Waals surface area contributed by atoms with Crippen molar-refractivity contribution >= 4 is 29.9 Å². The largest absolute Gasteiger partial charge is 0.477 e. The van der Waals surface area contributed by atoms with Crippen LogP contribution in [0.25, 0.3) is 0 Å². The molecule has 0 bridgehead atoms. The number of hydrogen-bond donors (Lipinski definition) is 4. The summed E-state index contributed by atoms with van der Waals surface area (Å²) >= 11 is 4.78. The Labute approximate surface area is 90.2 Å². The fourth-order valence-corrected chi connectivity index (χ4v) is 2.01. The minimum atomic E-state index is -1.06. The second-order valence-corrected chi connectivity index (χ2v) is 4.18. The minimum Gasteiger partial charge on any atom is -0.477 e. The van der Waals surface area contributed by atoms with E-state index in [1.54, 1.807) is 0 Å². The van der Waals surface area contributed by atoms with Crippen LogP contribution in [0.2, 0.25) is 0 Å². The Kier molecular flexibility index (Phi) is 3.94. The van der Waals surface area contributed by atoms with Crippen LogP contribution in [-0.4, -0.2) is 33.1 Å². The van der Waals surface area contributed by atoms with Crippen molar-refractivity contribution in [3.63, 3.8) is 0 Å². The van der Waals surface area contributed by atoms with E-state index in [1.807, 2.05) is 0 Å². The fraction of sp³-hybridized carbons (Fsp3) is 0.375. The van der Waals surface area contributed by atoms with Crippen LogP contribution in [0.15, 0.2) is 12.1 Å². The zero-order valence-electron chi connectivity index (χ0n) is 7.12. The predicted octanol–water partition coefficient (Wildman–Crippen LogP) is 0.770. The first-order chi connectivity index (χ1) is 6.56. The normalized spacial score (nSPS) is 15.1. The molecule has 6 heteroatoms. The Balaban J connectivity index is 2.81. The monoisotopic (exact) mass is 234 g/mol. The lowest BCUT2D eigenvalue weighted by molar-refractivity contribution is 0.0360. The number of aromatic carboxylic acids is 1. The quantitative estimate of drug-likeness (QED) is 0.580. The van der Waals surface area contributed by atoms with E-state index in [9.17, 15) is 15.0 Å². The summed E-state index contributed by atoms with van der Waals surface area (Å²) in [6, 6.07) is 2.89. The van der Waals surface area contributed by atoms with Crippen LogP contribution in [0.3, 0.4) is 0 Å². The number of carbonyl (C=O) groups is 1. The van der Waals surface area contributed by atoms with Crippen LogP contribution in [0, 0.1) is 0 Å². The van der Waals surface area contributed by atoms with Gasteiger partial charge in [0.15, 0.2) is 0 Å². The number of carboxylic acids is 1. The Hall–Kier alpha value is -0.560. The summed E-state index contributed by atoms with van der Waals surface area (Å²) in [6.07, 6.45) is -2.04. The molecule has 2 unspecified atom stereocenters. The predicted molar refractivity (Wildman–Crippen MR) is 56.1 cm³/mol. The van der Waals surface area contributed by atoms with E-state index in [-0.39, 0.29) is 10.6 Å². The maximum atomic E-state index is 10.5. The number of aliphatic hydroxyl groups is 2. The van der Waals surface area contributed by atoms with Gasteiger partial charge in [-0.05, 0) is 12.1 Å². The fourth-order valence-electron chi connectivity index (χ4n) is 0.916. The van der Waals surface area contributed by atoms with Gasteiger partial charge in [-0.3, -0.25) is 0 Å². The zero-order valence-corrected chi connectivity index (χ0v) is 8.83. The average molecular weight is 234 g/mol. The summed E-state index contributed by atoms with van der Waals surface area (Å²) in [5.74, 6) is -0.907. The Bertz CT molecular complexity index is 323. The molecule has 0 aliphatic heterocycles. The first-order valence-corrected chi connectivity index (χ1v) is 5.31. The van der Waals surface area contributed by atoms with Gasteiger partial charge < -0.3 is 15.3 Å². The van der Waals surface area contributed by atoms with E-state index in [1.165, 1.54) is 12.1 Å². The highest BCUT2D eigenvalue weighted by atomic mass is 32.1. The number of rotatable bonds is 4. The highest BCUT2D eigenvalue weighted by Crippen LogP contribution is 2.25. The van der Waals surface area contributed by atoms with E-state index in [0.29, 0.717) is 4.88 Å². The molecule has 78 valence electrons. The highest BCUT2D eigenvalue weighted by Gasteiger charge is 2.19. The van der Waals surface area contributed by atoms with E-state index in [4.69, 9.17) is 5.11 Å². The van der Waals surface area contributed by atoms with Crippen LogP contribution in [0.5, 0.6) is 0 Å². The van der Waals surface area contributed by atoms with Crippen molar-refractivity contribution in [1.29, 1.82) is 0 Å². The van der Waals surface area contributed by atoms with Crippen molar-refractivity contribution < 1.29 is 20.1 Å². The van der Waals surface area contributed by atoms with Crippen LogP contribution in [-0.2, 0) is 0 Å². The first-order valence-electron chi connectivity index (χ1n) is 3.86. The molecule has 0 amide bonds. The summed E-state index contributed by atoms with van der Waals surface area (Å²) in [6.45, 7) is 0. The van der Waals surface area contributed by atoms with Gasteiger partial charge in [0.2, 0.25) is 0 Å². The van der Waals surface area contributed by atoms with Crippen LogP contribution < -0.4 is 0 Å². The molecular formula is C8H10O4S2. The molecule has 0 aromatic carbocycles. The molecule has 1 rings (SSSR count). The molecule has 0 saturated heterocycles. The molecular weight excluding hydrogens is 224 g/mol. The maximum absolute atomic E-state index is 10.5. The SMILES string of the molecule is O=C(O)c1ccc(C(O)C(O)CS)s1. The molecule has 0 aliphatic carbocycles. The molecule has 1 heterocycles. The molecule has 3 N–H and O–H groups in total. The third-order valence-electron chi connectivity index (χ3n) is 1.68. The van der Waals surface area contributed by atoms with Gasteiger partial charge in [0, 0.05) is 10.6 Å². The number of hydrogen-bond acceptors (Lipinski definition) is 5. The summed E-state index contributed by atoms with van der Waals surface area (Å²) in [5, 5.41) is 27.4. The third kappa shape index (κ3) is 2.48. The lowest BCUT2D eigenvalue weighted by Gasteiger charge is -2.13. The van der Waals surface area contributed by atoms with Crippen molar-refractivity contribution in [3.05, 3.63) is 21.9 Å². The Morgan fingerprint density at radius 3 is 2.57 bits per heavy atom. The second-order valence-electron chi connectivity index (χ2n) is 2.70. The third-order valence-corrected chi connectivity index (χ3v) is 3.20. The van der Waals surface area contributed by atoms with Crippen molar-refractivity contribution in [2.24, 2.45) is 0 Å². The number of thiol groups is 1. The van der Waals surface area contributed by atoms with Gasteiger partial charge >= 0.3 is 5.97 Å². The minimum absolute atomic E-state index is 0.126. The van der Waals surface area contributed by atoms with Crippen LogP contribution in [0.4, 0.5) is 0 Å². The summed E-state index contributed by atoms with van der Waals surface area (Å²) < 4.78 is 0. The molecule has 1 aromatic heterocycles. The zero-order chi connectivity index (χ0) is 10.7. The molecule has 14 heavy (non-hydrogen) atoms. The molecule has 0 saturated carbocycles. The maximum Gasteiger partial charge on any atom is 0.345 e. The van der Waals surface area contributed by atoms with Gasteiger partial charge in [-0.1, -0.05) is 0 Å². The van der Waals surface area contributed by atoms with E-state index >= 15 is 0 Å². The van der Waals surface area contributed by atoms with E-state index in [0.717, 1.165) is 11.3 Å². The van der Waals surface area contributed by atoms with Gasteiger partial charge in [-0.15, -0.1) is 11.3 Å². The van der Waals surface area contributed by atoms with E-state index < -0.39 is 18.2 Å². The molecule has 0 fully saturated rings. The standard InChI is InChI=1S/C8H10O4S2/c9-4(3-13)7(10)5-1-2-6(14-5)8(11)12/h1-2,4,7,9-10,13H,3H2,(H,11,12). The Morgan fingerprint density at radius 2 is 2.14 bits per heavy atom. The topological polar surface area (TPSA) is 77.8 Å². The van der Waals surface area contributed by atoms with Crippen molar-refractivity contribution in [3.8, 4) is 0 Å².